The SMILES string of the molecule is CC[C@@H](C)NC(=S)Nc1cccc(S(=O)(=O)N(C)C)c1. The van der Waals surface area contributed by atoms with Gasteiger partial charge in [-0.25, -0.2) is 12.7 Å². The molecule has 1 aromatic rings. The fourth-order valence-corrected chi connectivity index (χ4v) is 2.71. The van der Waals surface area contributed by atoms with Gasteiger partial charge in [0, 0.05) is 25.8 Å². The van der Waals surface area contributed by atoms with E-state index in [9.17, 15) is 8.42 Å². The van der Waals surface area contributed by atoms with E-state index >= 15 is 0 Å². The van der Waals surface area contributed by atoms with Gasteiger partial charge in [-0.1, -0.05) is 13.0 Å². The molecule has 0 saturated heterocycles. The summed E-state index contributed by atoms with van der Waals surface area (Å²) in [6.45, 7) is 4.09. The van der Waals surface area contributed by atoms with Gasteiger partial charge >= 0.3 is 0 Å². The average molecular weight is 315 g/mol. The molecule has 0 saturated carbocycles. The standard InChI is InChI=1S/C13H21N3O2S2/c1-5-10(2)14-13(19)15-11-7-6-8-12(9-11)20(17,18)16(3)4/h6-10H,5H2,1-4H3,(H2,14,15,19)/t10-/m1/s1. The molecule has 0 bridgehead atoms. The predicted molar refractivity (Wildman–Crippen MR) is 86.4 cm³/mol. The number of rotatable bonds is 5. The van der Waals surface area contributed by atoms with Crippen LogP contribution in [0.4, 0.5) is 5.69 Å². The fraction of sp³-hybridized carbons (Fsp3) is 0.462. The molecule has 1 rings (SSSR count). The molecular weight excluding hydrogens is 294 g/mol. The molecule has 0 fully saturated rings. The van der Waals surface area contributed by atoms with Crippen molar-refractivity contribution in [3.05, 3.63) is 24.3 Å². The van der Waals surface area contributed by atoms with Crippen molar-refractivity contribution in [1.29, 1.82) is 0 Å². The van der Waals surface area contributed by atoms with E-state index in [0.717, 1.165) is 6.42 Å². The van der Waals surface area contributed by atoms with Gasteiger partial charge in [0.05, 0.1) is 4.90 Å². The first kappa shape index (κ1) is 16.9. The van der Waals surface area contributed by atoms with Crippen molar-refractivity contribution >= 4 is 33.0 Å². The van der Waals surface area contributed by atoms with E-state index < -0.39 is 10.0 Å². The Morgan fingerprint density at radius 3 is 2.60 bits per heavy atom. The van der Waals surface area contributed by atoms with E-state index in [1.165, 1.54) is 18.4 Å². The molecule has 0 heterocycles. The summed E-state index contributed by atoms with van der Waals surface area (Å²) >= 11 is 5.18. The van der Waals surface area contributed by atoms with Crippen LogP contribution in [0.2, 0.25) is 0 Å². The first-order valence-electron chi connectivity index (χ1n) is 6.37. The summed E-state index contributed by atoms with van der Waals surface area (Å²) in [6.07, 6.45) is 0.955. The van der Waals surface area contributed by atoms with Gasteiger partial charge in [-0.05, 0) is 43.8 Å². The van der Waals surface area contributed by atoms with Crippen LogP contribution in [-0.2, 0) is 10.0 Å². The Balaban J connectivity index is 2.87. The van der Waals surface area contributed by atoms with Crippen LogP contribution in [0.25, 0.3) is 0 Å². The quantitative estimate of drug-likeness (QED) is 0.814. The van der Waals surface area contributed by atoms with Crippen molar-refractivity contribution in [2.75, 3.05) is 19.4 Å². The number of hydrogen-bond acceptors (Lipinski definition) is 3. The molecule has 0 radical (unpaired) electrons. The molecule has 7 heteroatoms. The van der Waals surface area contributed by atoms with Gasteiger partial charge in [0.15, 0.2) is 5.11 Å². The molecule has 112 valence electrons. The summed E-state index contributed by atoms with van der Waals surface area (Å²) in [5.41, 5.74) is 0.647. The molecule has 1 atom stereocenters. The predicted octanol–water partition coefficient (Wildman–Crippen LogP) is 2.02. The highest BCUT2D eigenvalue weighted by molar-refractivity contribution is 7.89. The number of thiocarbonyl (C=S) groups is 1. The second-order valence-corrected chi connectivity index (χ2v) is 7.28. The normalized spacial score (nSPS) is 13.1. The minimum atomic E-state index is -3.43. The molecule has 2 N–H and O–H groups in total. The van der Waals surface area contributed by atoms with Crippen LogP contribution in [0, 0.1) is 0 Å². The lowest BCUT2D eigenvalue weighted by molar-refractivity contribution is 0.521. The summed E-state index contributed by atoms with van der Waals surface area (Å²) in [7, 11) is -0.424. The largest absolute Gasteiger partial charge is 0.360 e. The molecule has 0 amide bonds. The van der Waals surface area contributed by atoms with E-state index in [1.807, 2.05) is 6.92 Å². The Hall–Kier alpha value is -1.18. The van der Waals surface area contributed by atoms with E-state index in [-0.39, 0.29) is 10.9 Å². The number of sulfonamides is 1. The van der Waals surface area contributed by atoms with Crippen molar-refractivity contribution in [2.45, 2.75) is 31.2 Å². The fourth-order valence-electron chi connectivity index (χ4n) is 1.44. The van der Waals surface area contributed by atoms with Crippen LogP contribution < -0.4 is 10.6 Å². The number of nitrogens with zero attached hydrogens (tertiary/aromatic N) is 1. The van der Waals surface area contributed by atoms with Gasteiger partial charge in [-0.15, -0.1) is 0 Å². The van der Waals surface area contributed by atoms with Crippen molar-refractivity contribution in [2.24, 2.45) is 0 Å². The molecule has 0 aliphatic heterocycles. The minimum Gasteiger partial charge on any atom is -0.360 e. The Bertz CT molecular complexity index is 571. The Morgan fingerprint density at radius 2 is 2.05 bits per heavy atom. The third kappa shape index (κ3) is 4.43. The van der Waals surface area contributed by atoms with E-state index in [4.69, 9.17) is 12.2 Å². The lowest BCUT2D eigenvalue weighted by atomic mass is 10.3. The van der Waals surface area contributed by atoms with Crippen LogP contribution in [0.1, 0.15) is 20.3 Å². The van der Waals surface area contributed by atoms with Crippen LogP contribution >= 0.6 is 12.2 Å². The van der Waals surface area contributed by atoms with Crippen LogP contribution in [-0.4, -0.2) is 38.0 Å². The van der Waals surface area contributed by atoms with Crippen molar-refractivity contribution in [3.8, 4) is 0 Å². The van der Waals surface area contributed by atoms with Gasteiger partial charge in [-0.3, -0.25) is 0 Å². The maximum Gasteiger partial charge on any atom is 0.242 e. The molecule has 0 aliphatic rings. The van der Waals surface area contributed by atoms with E-state index in [1.54, 1.807) is 24.3 Å². The van der Waals surface area contributed by atoms with Crippen molar-refractivity contribution in [1.82, 2.24) is 9.62 Å². The van der Waals surface area contributed by atoms with Crippen molar-refractivity contribution in [3.63, 3.8) is 0 Å². The third-order valence-corrected chi connectivity index (χ3v) is 4.89. The topological polar surface area (TPSA) is 61.4 Å². The van der Waals surface area contributed by atoms with Gasteiger partial charge in [0.25, 0.3) is 0 Å². The van der Waals surface area contributed by atoms with Crippen LogP contribution in [0.3, 0.4) is 0 Å². The van der Waals surface area contributed by atoms with E-state index in [2.05, 4.69) is 17.6 Å². The molecule has 0 aromatic heterocycles. The lowest BCUT2D eigenvalue weighted by Gasteiger charge is -2.16. The number of nitrogens with one attached hydrogen (secondary N) is 2. The summed E-state index contributed by atoms with van der Waals surface area (Å²) in [6, 6.07) is 6.86. The first-order valence-corrected chi connectivity index (χ1v) is 8.22. The Labute approximate surface area is 126 Å². The van der Waals surface area contributed by atoms with Crippen LogP contribution in [0.15, 0.2) is 29.2 Å². The molecule has 5 nitrogen and oxygen atoms in total. The van der Waals surface area contributed by atoms with Crippen LogP contribution in [0.5, 0.6) is 0 Å². The van der Waals surface area contributed by atoms with Gasteiger partial charge in [0.1, 0.15) is 0 Å². The smallest absolute Gasteiger partial charge is 0.242 e. The van der Waals surface area contributed by atoms with Gasteiger partial charge in [0.2, 0.25) is 10.0 Å². The molecule has 0 spiro atoms. The van der Waals surface area contributed by atoms with Crippen molar-refractivity contribution < 1.29 is 8.42 Å². The second kappa shape index (κ2) is 7.01. The highest BCUT2D eigenvalue weighted by Gasteiger charge is 2.17. The molecule has 0 unspecified atom stereocenters. The van der Waals surface area contributed by atoms with Gasteiger partial charge < -0.3 is 10.6 Å². The maximum absolute atomic E-state index is 12.0. The molecule has 20 heavy (non-hydrogen) atoms. The average Bonchev–Trinajstić information content (AvgIpc) is 2.38. The number of anilines is 1. The number of benzene rings is 1. The molecule has 0 aliphatic carbocycles. The zero-order chi connectivity index (χ0) is 15.3. The lowest BCUT2D eigenvalue weighted by Crippen LogP contribution is -2.35. The highest BCUT2D eigenvalue weighted by Crippen LogP contribution is 2.17. The summed E-state index contributed by atoms with van der Waals surface area (Å²) in [5, 5.41) is 6.60. The summed E-state index contributed by atoms with van der Waals surface area (Å²) in [5.74, 6) is 0. The van der Waals surface area contributed by atoms with Gasteiger partial charge in [-0.2, -0.15) is 0 Å². The Morgan fingerprint density at radius 1 is 1.40 bits per heavy atom. The zero-order valence-corrected chi connectivity index (χ0v) is 13.8. The second-order valence-electron chi connectivity index (χ2n) is 4.72. The minimum absolute atomic E-state index is 0.235. The maximum atomic E-state index is 12.0. The Kier molecular flexibility index (Phi) is 5.91. The van der Waals surface area contributed by atoms with E-state index in [0.29, 0.717) is 10.8 Å². The monoisotopic (exact) mass is 315 g/mol. The highest BCUT2D eigenvalue weighted by atomic mass is 32.2. The zero-order valence-electron chi connectivity index (χ0n) is 12.2. The summed E-state index contributed by atoms with van der Waals surface area (Å²) < 4.78 is 25.3. The number of hydrogen-bond donors (Lipinski definition) is 2. The molecule has 1 aromatic carbocycles. The third-order valence-electron chi connectivity index (χ3n) is 2.86. The first-order chi connectivity index (χ1) is 9.27. The summed E-state index contributed by atoms with van der Waals surface area (Å²) in [4.78, 5) is 0.235. The molecular formula is C13H21N3O2S2.